The standard InChI is InChI=1S/C21H25N3O4/c25-19-8-4-5-17(14-19)22-20(26)13-16(21(27)28)15-23-9-11-24(12-10-23)18-6-2-1-3-7-18/h1-8,14,16,25H,9-13,15H2,(H,22,26)(H,27,28)/t16-/m1/s1. The Morgan fingerprint density at radius 1 is 1.00 bits per heavy atom. The Bertz CT molecular complexity index is 804. The fraction of sp³-hybridized carbons (Fsp3) is 0.333. The molecule has 1 amide bonds. The minimum absolute atomic E-state index is 0.0453. The average molecular weight is 383 g/mol. The lowest BCUT2D eigenvalue weighted by Gasteiger charge is -2.37. The Hall–Kier alpha value is -3.06. The number of carbonyl (C=O) groups is 2. The Labute approximate surface area is 164 Å². The normalized spacial score (nSPS) is 15.8. The van der Waals surface area contributed by atoms with Gasteiger partial charge in [0.05, 0.1) is 5.92 Å². The summed E-state index contributed by atoms with van der Waals surface area (Å²) in [5.74, 6) is -2.08. The van der Waals surface area contributed by atoms with Crippen LogP contribution in [0.4, 0.5) is 11.4 Å². The summed E-state index contributed by atoms with van der Waals surface area (Å²) < 4.78 is 0. The van der Waals surface area contributed by atoms with Crippen molar-refractivity contribution in [3.8, 4) is 5.75 Å². The number of anilines is 2. The van der Waals surface area contributed by atoms with Crippen molar-refractivity contribution < 1.29 is 19.8 Å². The molecule has 0 radical (unpaired) electrons. The van der Waals surface area contributed by atoms with Crippen molar-refractivity contribution in [3.05, 3.63) is 54.6 Å². The summed E-state index contributed by atoms with van der Waals surface area (Å²) in [6.45, 7) is 3.50. The highest BCUT2D eigenvalue weighted by molar-refractivity contribution is 5.93. The van der Waals surface area contributed by atoms with Crippen LogP contribution < -0.4 is 10.2 Å². The molecule has 28 heavy (non-hydrogen) atoms. The number of carboxylic acids is 1. The van der Waals surface area contributed by atoms with Gasteiger partial charge in [0, 0.05) is 56.6 Å². The molecule has 0 saturated carbocycles. The van der Waals surface area contributed by atoms with E-state index >= 15 is 0 Å². The average Bonchev–Trinajstić information content (AvgIpc) is 2.68. The van der Waals surface area contributed by atoms with Gasteiger partial charge in [0.1, 0.15) is 5.75 Å². The Balaban J connectivity index is 1.51. The van der Waals surface area contributed by atoms with Crippen LogP contribution in [0.25, 0.3) is 0 Å². The van der Waals surface area contributed by atoms with Crippen molar-refractivity contribution in [1.82, 2.24) is 4.90 Å². The molecule has 3 rings (SSSR count). The van der Waals surface area contributed by atoms with Gasteiger partial charge in [-0.3, -0.25) is 14.5 Å². The quantitative estimate of drug-likeness (QED) is 0.679. The molecule has 1 heterocycles. The topological polar surface area (TPSA) is 93.1 Å². The van der Waals surface area contributed by atoms with Gasteiger partial charge < -0.3 is 20.4 Å². The Morgan fingerprint density at radius 2 is 1.71 bits per heavy atom. The van der Waals surface area contributed by atoms with E-state index < -0.39 is 11.9 Å². The molecule has 0 spiro atoms. The van der Waals surface area contributed by atoms with Gasteiger partial charge in [0.2, 0.25) is 5.91 Å². The Morgan fingerprint density at radius 3 is 2.36 bits per heavy atom. The lowest BCUT2D eigenvalue weighted by Crippen LogP contribution is -2.48. The molecular formula is C21H25N3O4. The fourth-order valence-corrected chi connectivity index (χ4v) is 3.39. The van der Waals surface area contributed by atoms with Gasteiger partial charge in [-0.15, -0.1) is 0 Å². The lowest BCUT2D eigenvalue weighted by molar-refractivity contribution is -0.144. The maximum Gasteiger partial charge on any atom is 0.308 e. The van der Waals surface area contributed by atoms with Crippen LogP contribution in [0.15, 0.2) is 54.6 Å². The SMILES string of the molecule is O=C(C[C@H](CN1CCN(c2ccccc2)CC1)C(=O)O)Nc1cccc(O)c1. The third-order valence-electron chi connectivity index (χ3n) is 4.88. The highest BCUT2D eigenvalue weighted by atomic mass is 16.4. The highest BCUT2D eigenvalue weighted by Gasteiger charge is 2.26. The minimum Gasteiger partial charge on any atom is -0.508 e. The monoisotopic (exact) mass is 383 g/mol. The molecule has 2 aromatic carbocycles. The molecule has 148 valence electrons. The molecule has 7 heteroatoms. The second kappa shape index (κ2) is 9.23. The number of piperazine rings is 1. The van der Waals surface area contributed by atoms with Gasteiger partial charge >= 0.3 is 5.97 Å². The van der Waals surface area contributed by atoms with Crippen molar-refractivity contribution in [2.45, 2.75) is 6.42 Å². The number of carboxylic acid groups (broad SMARTS) is 1. The van der Waals surface area contributed by atoms with E-state index in [4.69, 9.17) is 0 Å². The summed E-state index contributed by atoms with van der Waals surface area (Å²) in [7, 11) is 0. The fourth-order valence-electron chi connectivity index (χ4n) is 3.39. The maximum absolute atomic E-state index is 12.2. The summed E-state index contributed by atoms with van der Waals surface area (Å²) in [6.07, 6.45) is -0.107. The first-order valence-corrected chi connectivity index (χ1v) is 9.35. The van der Waals surface area contributed by atoms with Crippen LogP contribution in [0.2, 0.25) is 0 Å². The molecule has 0 aliphatic carbocycles. The number of benzene rings is 2. The first-order chi connectivity index (χ1) is 13.5. The number of rotatable bonds is 7. The molecule has 1 fully saturated rings. The number of para-hydroxylation sites is 1. The third-order valence-corrected chi connectivity index (χ3v) is 4.88. The van der Waals surface area contributed by atoms with E-state index in [0.717, 1.165) is 26.2 Å². The predicted molar refractivity (Wildman–Crippen MR) is 108 cm³/mol. The van der Waals surface area contributed by atoms with E-state index in [1.54, 1.807) is 12.1 Å². The van der Waals surface area contributed by atoms with Crippen LogP contribution in [0.3, 0.4) is 0 Å². The number of hydrogen-bond acceptors (Lipinski definition) is 5. The molecule has 3 N–H and O–H groups in total. The Kier molecular flexibility index (Phi) is 6.49. The van der Waals surface area contributed by atoms with Crippen LogP contribution in [-0.4, -0.2) is 59.7 Å². The van der Waals surface area contributed by atoms with E-state index in [2.05, 4.69) is 27.2 Å². The molecule has 0 unspecified atom stereocenters. The van der Waals surface area contributed by atoms with E-state index in [1.807, 2.05) is 18.2 Å². The van der Waals surface area contributed by atoms with Gasteiger partial charge in [-0.1, -0.05) is 24.3 Å². The number of carbonyl (C=O) groups excluding carboxylic acids is 1. The predicted octanol–water partition coefficient (Wildman–Crippen LogP) is 2.24. The van der Waals surface area contributed by atoms with Gasteiger partial charge in [-0.05, 0) is 24.3 Å². The minimum atomic E-state index is -0.975. The van der Waals surface area contributed by atoms with Gasteiger partial charge in [0.15, 0.2) is 0 Å². The first kappa shape index (κ1) is 19.7. The molecule has 1 atom stereocenters. The number of amides is 1. The molecule has 2 aromatic rings. The van der Waals surface area contributed by atoms with E-state index in [9.17, 15) is 19.8 Å². The number of nitrogens with zero attached hydrogens (tertiary/aromatic N) is 2. The summed E-state index contributed by atoms with van der Waals surface area (Å²) in [6, 6.07) is 16.3. The number of nitrogens with one attached hydrogen (secondary N) is 1. The molecule has 0 aromatic heterocycles. The van der Waals surface area contributed by atoms with E-state index in [-0.39, 0.29) is 18.1 Å². The molecule has 0 bridgehead atoms. The van der Waals surface area contributed by atoms with E-state index in [0.29, 0.717) is 12.2 Å². The first-order valence-electron chi connectivity index (χ1n) is 9.35. The number of aliphatic carboxylic acids is 1. The summed E-state index contributed by atoms with van der Waals surface area (Å²) in [5, 5.41) is 21.6. The van der Waals surface area contributed by atoms with E-state index in [1.165, 1.54) is 17.8 Å². The number of phenols is 1. The van der Waals surface area contributed by atoms with Gasteiger partial charge in [-0.25, -0.2) is 0 Å². The van der Waals surface area contributed by atoms with Crippen molar-refractivity contribution in [1.29, 1.82) is 0 Å². The zero-order valence-corrected chi connectivity index (χ0v) is 15.6. The molecule has 1 aliphatic heterocycles. The smallest absolute Gasteiger partial charge is 0.308 e. The molecule has 1 saturated heterocycles. The van der Waals surface area contributed by atoms with Crippen LogP contribution in [0, 0.1) is 5.92 Å². The number of hydrogen-bond donors (Lipinski definition) is 3. The van der Waals surface area contributed by atoms with Crippen molar-refractivity contribution >= 4 is 23.3 Å². The van der Waals surface area contributed by atoms with Gasteiger partial charge in [-0.2, -0.15) is 0 Å². The molecule has 7 nitrogen and oxygen atoms in total. The van der Waals surface area contributed by atoms with Crippen LogP contribution >= 0.6 is 0 Å². The second-order valence-corrected chi connectivity index (χ2v) is 6.96. The molecular weight excluding hydrogens is 358 g/mol. The van der Waals surface area contributed by atoms with Crippen LogP contribution in [-0.2, 0) is 9.59 Å². The largest absolute Gasteiger partial charge is 0.508 e. The zero-order valence-electron chi connectivity index (χ0n) is 15.6. The third kappa shape index (κ3) is 5.47. The molecule has 1 aliphatic rings. The summed E-state index contributed by atoms with van der Waals surface area (Å²) in [5.41, 5.74) is 1.62. The van der Waals surface area contributed by atoms with Crippen molar-refractivity contribution in [2.75, 3.05) is 42.9 Å². The zero-order chi connectivity index (χ0) is 19.9. The van der Waals surface area contributed by atoms with Crippen LogP contribution in [0.1, 0.15) is 6.42 Å². The van der Waals surface area contributed by atoms with Crippen molar-refractivity contribution in [2.24, 2.45) is 5.92 Å². The van der Waals surface area contributed by atoms with Crippen molar-refractivity contribution in [3.63, 3.8) is 0 Å². The second-order valence-electron chi connectivity index (χ2n) is 6.96. The number of phenolic OH excluding ortho intramolecular Hbond substituents is 1. The summed E-state index contributed by atoms with van der Waals surface area (Å²) >= 11 is 0. The van der Waals surface area contributed by atoms with Crippen LogP contribution in [0.5, 0.6) is 5.75 Å². The highest BCUT2D eigenvalue weighted by Crippen LogP contribution is 2.18. The summed E-state index contributed by atoms with van der Waals surface area (Å²) in [4.78, 5) is 28.3. The lowest BCUT2D eigenvalue weighted by atomic mass is 10.0. The maximum atomic E-state index is 12.2. The van der Waals surface area contributed by atoms with Gasteiger partial charge in [0.25, 0.3) is 0 Å². The number of aromatic hydroxyl groups is 1.